The van der Waals surface area contributed by atoms with Crippen LogP contribution in [0, 0.1) is 27.7 Å². The summed E-state index contributed by atoms with van der Waals surface area (Å²) in [5.74, 6) is -1.29. The summed E-state index contributed by atoms with van der Waals surface area (Å²) >= 11 is 1.62. The third-order valence-electron chi connectivity index (χ3n) is 4.67. The van der Waals surface area contributed by atoms with Crippen molar-refractivity contribution in [3.63, 3.8) is 0 Å². The second-order valence-electron chi connectivity index (χ2n) is 7.17. The minimum atomic E-state index is -0.654. The number of aromatic nitrogens is 1. The Kier molecular flexibility index (Phi) is 6.44. The highest BCUT2D eigenvalue weighted by molar-refractivity contribution is 7.15. The molecule has 1 heterocycles. The maximum absolute atomic E-state index is 12.1. The van der Waals surface area contributed by atoms with E-state index in [1.165, 1.54) is 5.56 Å². The van der Waals surface area contributed by atoms with Gasteiger partial charge in [-0.3, -0.25) is 9.59 Å². The van der Waals surface area contributed by atoms with Gasteiger partial charge >= 0.3 is 11.8 Å². The Balaban J connectivity index is 1.54. The van der Waals surface area contributed by atoms with Gasteiger partial charge in [0, 0.05) is 29.1 Å². The fourth-order valence-corrected chi connectivity index (χ4v) is 4.05. The Bertz CT molecular complexity index is 1040. The Morgan fingerprint density at radius 1 is 0.931 bits per heavy atom. The monoisotopic (exact) mass is 407 g/mol. The molecular weight excluding hydrogens is 382 g/mol. The van der Waals surface area contributed by atoms with Gasteiger partial charge in [0.1, 0.15) is 5.01 Å². The summed E-state index contributed by atoms with van der Waals surface area (Å²) in [5.41, 5.74) is 5.94. The van der Waals surface area contributed by atoms with Crippen LogP contribution in [-0.4, -0.2) is 23.3 Å². The molecule has 0 atom stereocenters. The number of hydrogen-bond acceptors (Lipinski definition) is 4. The lowest BCUT2D eigenvalue weighted by atomic mass is 10.1. The molecule has 3 rings (SSSR count). The SMILES string of the molecule is Cc1ccc(-c2nc(C)c(CCNC(=O)C(=O)Nc3ccc(C)cc3C)s2)cc1. The Labute approximate surface area is 175 Å². The molecule has 0 saturated carbocycles. The van der Waals surface area contributed by atoms with Crippen molar-refractivity contribution in [1.82, 2.24) is 10.3 Å². The van der Waals surface area contributed by atoms with Crippen LogP contribution in [0.25, 0.3) is 10.6 Å². The normalized spacial score (nSPS) is 10.6. The van der Waals surface area contributed by atoms with Crippen LogP contribution < -0.4 is 10.6 Å². The lowest BCUT2D eigenvalue weighted by molar-refractivity contribution is -0.136. The molecule has 2 amide bonds. The summed E-state index contributed by atoms with van der Waals surface area (Å²) in [6, 6.07) is 13.9. The van der Waals surface area contributed by atoms with E-state index in [2.05, 4.69) is 46.8 Å². The number of aryl methyl sites for hydroxylation is 4. The number of rotatable bonds is 5. The van der Waals surface area contributed by atoms with Crippen molar-refractivity contribution >= 4 is 28.8 Å². The van der Waals surface area contributed by atoms with Gasteiger partial charge in [0.2, 0.25) is 0 Å². The number of carbonyl (C=O) groups is 2. The molecule has 2 N–H and O–H groups in total. The van der Waals surface area contributed by atoms with E-state index in [1.807, 2.05) is 39.0 Å². The van der Waals surface area contributed by atoms with Gasteiger partial charge in [-0.1, -0.05) is 47.5 Å². The molecule has 0 spiro atoms. The smallest absolute Gasteiger partial charge is 0.313 e. The first-order valence-electron chi connectivity index (χ1n) is 9.53. The van der Waals surface area contributed by atoms with Crippen molar-refractivity contribution in [3.8, 4) is 10.6 Å². The van der Waals surface area contributed by atoms with Crippen LogP contribution in [0.15, 0.2) is 42.5 Å². The van der Waals surface area contributed by atoms with Crippen molar-refractivity contribution < 1.29 is 9.59 Å². The molecule has 0 fully saturated rings. The second kappa shape index (κ2) is 9.01. The molecule has 0 aliphatic rings. The maximum Gasteiger partial charge on any atom is 0.313 e. The first-order valence-corrected chi connectivity index (χ1v) is 10.3. The van der Waals surface area contributed by atoms with Gasteiger partial charge in [-0.15, -0.1) is 11.3 Å². The van der Waals surface area contributed by atoms with Gasteiger partial charge in [0.15, 0.2) is 0 Å². The van der Waals surface area contributed by atoms with Crippen molar-refractivity contribution in [2.75, 3.05) is 11.9 Å². The van der Waals surface area contributed by atoms with E-state index in [0.717, 1.165) is 32.3 Å². The van der Waals surface area contributed by atoms with Gasteiger partial charge in [-0.05, 0) is 39.3 Å². The molecule has 0 aliphatic heterocycles. The van der Waals surface area contributed by atoms with Gasteiger partial charge < -0.3 is 10.6 Å². The molecule has 0 bridgehead atoms. The largest absolute Gasteiger partial charge is 0.347 e. The lowest BCUT2D eigenvalue weighted by Crippen LogP contribution is -2.36. The van der Waals surface area contributed by atoms with E-state index in [0.29, 0.717) is 18.7 Å². The van der Waals surface area contributed by atoms with Crippen molar-refractivity contribution in [2.24, 2.45) is 0 Å². The molecule has 2 aromatic carbocycles. The van der Waals surface area contributed by atoms with E-state index in [1.54, 1.807) is 11.3 Å². The predicted octanol–water partition coefficient (Wildman–Crippen LogP) is 4.34. The zero-order valence-corrected chi connectivity index (χ0v) is 17.9. The summed E-state index contributed by atoms with van der Waals surface area (Å²) in [6.45, 7) is 8.30. The van der Waals surface area contributed by atoms with E-state index >= 15 is 0 Å². The highest BCUT2D eigenvalue weighted by Crippen LogP contribution is 2.28. The van der Waals surface area contributed by atoms with Crippen LogP contribution in [0.3, 0.4) is 0 Å². The van der Waals surface area contributed by atoms with Crippen LogP contribution in [0.2, 0.25) is 0 Å². The fraction of sp³-hybridized carbons (Fsp3) is 0.261. The number of anilines is 1. The summed E-state index contributed by atoms with van der Waals surface area (Å²) in [7, 11) is 0. The van der Waals surface area contributed by atoms with E-state index in [4.69, 9.17) is 0 Å². The van der Waals surface area contributed by atoms with E-state index in [9.17, 15) is 9.59 Å². The molecule has 0 saturated heterocycles. The summed E-state index contributed by atoms with van der Waals surface area (Å²) < 4.78 is 0. The molecule has 3 aromatic rings. The molecule has 1 aromatic heterocycles. The topological polar surface area (TPSA) is 71.1 Å². The molecule has 5 nitrogen and oxygen atoms in total. The first-order chi connectivity index (χ1) is 13.8. The van der Waals surface area contributed by atoms with Crippen LogP contribution in [0.4, 0.5) is 5.69 Å². The molecule has 0 unspecified atom stereocenters. The van der Waals surface area contributed by atoms with Crippen molar-refractivity contribution in [3.05, 3.63) is 69.7 Å². The summed E-state index contributed by atoms with van der Waals surface area (Å²) in [5, 5.41) is 6.33. The zero-order chi connectivity index (χ0) is 21.0. The van der Waals surface area contributed by atoms with E-state index < -0.39 is 11.8 Å². The van der Waals surface area contributed by atoms with E-state index in [-0.39, 0.29) is 0 Å². The van der Waals surface area contributed by atoms with Crippen LogP contribution in [-0.2, 0) is 16.0 Å². The highest BCUT2D eigenvalue weighted by Gasteiger charge is 2.15. The number of benzene rings is 2. The number of nitrogens with one attached hydrogen (secondary N) is 2. The molecular formula is C23H25N3O2S. The minimum absolute atomic E-state index is 0.384. The van der Waals surface area contributed by atoms with Crippen LogP contribution in [0.5, 0.6) is 0 Å². The maximum atomic E-state index is 12.1. The lowest BCUT2D eigenvalue weighted by Gasteiger charge is -2.09. The van der Waals surface area contributed by atoms with Crippen molar-refractivity contribution in [2.45, 2.75) is 34.1 Å². The quantitative estimate of drug-likeness (QED) is 0.618. The predicted molar refractivity (Wildman–Crippen MR) is 118 cm³/mol. The third-order valence-corrected chi connectivity index (χ3v) is 5.93. The number of hydrogen-bond donors (Lipinski definition) is 2. The highest BCUT2D eigenvalue weighted by atomic mass is 32.1. The zero-order valence-electron chi connectivity index (χ0n) is 17.1. The number of nitrogens with zero attached hydrogens (tertiary/aromatic N) is 1. The van der Waals surface area contributed by atoms with Gasteiger partial charge in [0.25, 0.3) is 0 Å². The average molecular weight is 408 g/mol. The standard InChI is InChI=1S/C23H25N3O2S/c1-14-5-8-18(9-6-14)23-25-17(4)20(29-23)11-12-24-21(27)22(28)26-19-10-7-15(2)13-16(19)3/h5-10,13H,11-12H2,1-4H3,(H,24,27)(H,26,28). The molecule has 150 valence electrons. The Morgan fingerprint density at radius 2 is 1.62 bits per heavy atom. The Hall–Kier alpha value is -2.99. The summed E-state index contributed by atoms with van der Waals surface area (Å²) in [6.07, 6.45) is 0.637. The molecule has 29 heavy (non-hydrogen) atoms. The third kappa shape index (κ3) is 5.29. The molecule has 6 heteroatoms. The van der Waals surface area contributed by atoms with Gasteiger partial charge in [-0.2, -0.15) is 0 Å². The molecule has 0 radical (unpaired) electrons. The van der Waals surface area contributed by atoms with Crippen LogP contribution >= 0.6 is 11.3 Å². The Morgan fingerprint density at radius 3 is 2.31 bits per heavy atom. The van der Waals surface area contributed by atoms with Crippen LogP contribution in [0.1, 0.15) is 27.3 Å². The fourth-order valence-electron chi connectivity index (χ4n) is 2.98. The summed E-state index contributed by atoms with van der Waals surface area (Å²) in [4.78, 5) is 30.0. The average Bonchev–Trinajstić information content (AvgIpc) is 3.05. The number of carbonyl (C=O) groups excluding carboxylic acids is 2. The molecule has 0 aliphatic carbocycles. The second-order valence-corrected chi connectivity index (χ2v) is 8.26. The van der Waals surface area contributed by atoms with Crippen molar-refractivity contribution in [1.29, 1.82) is 0 Å². The minimum Gasteiger partial charge on any atom is -0.347 e. The first kappa shape index (κ1) is 20.7. The number of amides is 2. The number of thiazole rings is 1. The van der Waals surface area contributed by atoms with Gasteiger partial charge in [-0.25, -0.2) is 4.98 Å². The van der Waals surface area contributed by atoms with Gasteiger partial charge in [0.05, 0.1) is 5.69 Å².